The second-order valence-corrected chi connectivity index (χ2v) is 39.5. The summed E-state index contributed by atoms with van der Waals surface area (Å²) in [7, 11) is 1.89. The molecule has 742 valence electrons. The number of hydrogen-bond acceptors (Lipinski definition) is 34. The summed E-state index contributed by atoms with van der Waals surface area (Å²) in [4.78, 5) is 125. The number of nitrogens with two attached hydrogens (primary N) is 2. The molecule has 0 aliphatic carbocycles. The van der Waals surface area contributed by atoms with E-state index in [2.05, 4.69) is 161 Å². The maximum atomic E-state index is 13.5. The number of anilines is 4. The Labute approximate surface area is 859 Å². The predicted molar refractivity (Wildman–Crippen MR) is 554 cm³/mol. The Morgan fingerprint density at radius 1 is 0.373 bits per heavy atom. The number of aromatic nitrogens is 19. The van der Waals surface area contributed by atoms with Gasteiger partial charge in [-0.25, -0.2) is 59.0 Å². The summed E-state index contributed by atoms with van der Waals surface area (Å²) in [5, 5.41) is 38.1. The highest BCUT2D eigenvalue weighted by molar-refractivity contribution is 9.10. The van der Waals surface area contributed by atoms with Crippen molar-refractivity contribution in [3.8, 4) is 115 Å². The Bertz CT molecular complexity index is 7140. The highest BCUT2D eigenvalue weighted by Gasteiger charge is 2.40. The standard InChI is InChI=1S/C31H35BrN6O6.C23H25Br2N5O5.C22H23N7O2.C13H9Br2N5O.C9H13NO/c1-18(2)37-17-21(12-13-23(37)39)22-16-33-25(38(28(40)43-30(3,4)5)29(41)44-31(6,7)8)24(34-22)27-36-35-26(42-27)20-11-9-10-19(14-20)15-32;1-22(2,3)34-20(31)30(21(32)35-23(4,5)6)17-16(27-15(25)12-26-17)19-29-28-18(33-19)14-9-7-8-13(10-14)11-24;1-13(2)29-12-16(7-8-18(29)30)17-11-25-20(23)19(26-17)22-28-27-21(31-22)15-6-4-5-14(9-15)10-24-3;14-5-7-2-1-3-8(4-7)12-19-20-13(21-12)10-11(16)17-6-9(15)18-10;1-7(2)10-6-8(3)4-5-9(10)11/h9-14,16-18H,15H2,1-8H3;7-10,12H,11H2,1-6H3;4-9,11-13,24H,10H2,1-3H3,(H2,23,25);1-4,6H,5H2,(H2,16,17);4-7H,1-3H3. The van der Waals surface area contributed by atoms with Gasteiger partial charge in [-0.05, 0) is 259 Å². The first kappa shape index (κ1) is 108. The van der Waals surface area contributed by atoms with E-state index >= 15 is 0 Å². The Balaban J connectivity index is 0.000000178. The van der Waals surface area contributed by atoms with Crippen molar-refractivity contribution in [3.63, 3.8) is 0 Å². The van der Waals surface area contributed by atoms with Crippen LogP contribution in [-0.4, -0.2) is 148 Å². The molecule has 15 aromatic rings. The molecule has 0 spiro atoms. The Hall–Kier alpha value is -14.0. The number of nitrogens with one attached hydrogen (secondary N) is 1. The number of ether oxygens (including phenoxy) is 4. The van der Waals surface area contributed by atoms with Gasteiger partial charge >= 0.3 is 24.4 Å². The molecule has 4 aromatic carbocycles. The molecular weight excluding hydrogens is 2150 g/mol. The molecule has 0 bridgehead atoms. The molecule has 0 aliphatic rings. The lowest BCUT2D eigenvalue weighted by Crippen LogP contribution is -2.44. The molecule has 0 atom stereocenters. The van der Waals surface area contributed by atoms with Crippen molar-refractivity contribution < 1.29 is 55.8 Å². The fourth-order valence-corrected chi connectivity index (χ4v) is 14.3. The summed E-state index contributed by atoms with van der Waals surface area (Å²) in [6.07, 6.45) is 7.02. The zero-order valence-corrected chi connectivity index (χ0v) is 89.3. The van der Waals surface area contributed by atoms with Crippen molar-refractivity contribution in [2.75, 3.05) is 28.3 Å². The van der Waals surface area contributed by atoms with Gasteiger partial charge in [0.05, 0.1) is 36.2 Å². The number of nitrogens with zero attached hydrogens (tertiary/aromatic N) is 21. The predicted octanol–water partition coefficient (Wildman–Crippen LogP) is 21.8. The first-order valence-corrected chi connectivity index (χ1v) is 49.0. The third-order valence-corrected chi connectivity index (χ3v) is 21.8. The van der Waals surface area contributed by atoms with E-state index in [1.165, 1.54) is 30.7 Å². The number of alkyl halides is 3. The maximum Gasteiger partial charge on any atom is 0.425 e. The van der Waals surface area contributed by atoms with Gasteiger partial charge in [0.1, 0.15) is 31.6 Å². The SMILES string of the molecule is CC(C)(C)OC(=O)N(C(=O)OC(C)(C)C)c1ncc(Br)nc1-c1nnc(-c2cccc(CBr)c2)o1.CC(C)n1cc(-c2cnc(N(C(=O)OC(C)(C)C)C(=O)OC(C)(C)C)c(-c3nnc(-c4cccc(CBr)c4)o3)n2)ccc1=O.CNCc1cccc(-c2nnc(-c3nc(-c4ccc(=O)n(C(C)C)c4)cnc3N)o2)c1.Cc1ccc(=O)n(C(C)C)c1.Nc1ncc(Br)nc1-c1nnc(-c2cccc(CBr)c2)o1. The minimum absolute atomic E-state index is 0.00788. The third-order valence-electron chi connectivity index (χ3n) is 19.0. The van der Waals surface area contributed by atoms with Gasteiger partial charge in [-0.15, -0.1) is 40.8 Å². The number of hydrogen-bond donors (Lipinski definition) is 3. The van der Waals surface area contributed by atoms with Crippen LogP contribution in [0.15, 0.2) is 218 Å². The summed E-state index contributed by atoms with van der Waals surface area (Å²) >= 11 is 16.8. The lowest BCUT2D eigenvalue weighted by atomic mass is 10.1. The first-order chi connectivity index (χ1) is 67.1. The van der Waals surface area contributed by atoms with Crippen molar-refractivity contribution >= 4 is 127 Å². The molecular formula is C98H105Br5N24O15. The van der Waals surface area contributed by atoms with Crippen LogP contribution in [0.25, 0.3) is 115 Å². The van der Waals surface area contributed by atoms with E-state index in [1.807, 2.05) is 165 Å². The van der Waals surface area contributed by atoms with E-state index in [-0.39, 0.29) is 105 Å². The molecule has 15 rings (SSSR count). The van der Waals surface area contributed by atoms with E-state index < -0.39 is 46.8 Å². The topological polar surface area (TPSA) is 501 Å². The summed E-state index contributed by atoms with van der Waals surface area (Å²) in [6, 6.07) is 40.5. The molecule has 0 radical (unpaired) electrons. The molecule has 142 heavy (non-hydrogen) atoms. The molecule has 5 N–H and O–H groups in total. The number of carbonyl (C=O) groups is 4. The molecule has 0 unspecified atom stereocenters. The Morgan fingerprint density at radius 3 is 1.00 bits per heavy atom. The van der Waals surface area contributed by atoms with Crippen molar-refractivity contribution in [2.45, 2.75) is 195 Å². The van der Waals surface area contributed by atoms with Gasteiger partial charge in [0, 0.05) is 111 Å². The van der Waals surface area contributed by atoms with Crippen LogP contribution in [0, 0.1) is 6.92 Å². The van der Waals surface area contributed by atoms with Gasteiger partial charge in [0.15, 0.2) is 46.0 Å². The second kappa shape index (κ2) is 47.5. The molecule has 4 amide bonds. The lowest BCUT2D eigenvalue weighted by molar-refractivity contribution is 0.0406. The number of pyridine rings is 3. The fourth-order valence-electron chi connectivity index (χ4n) is 12.7. The summed E-state index contributed by atoms with van der Waals surface area (Å²) < 4.78 is 51.2. The van der Waals surface area contributed by atoms with Crippen molar-refractivity contribution in [3.05, 3.63) is 245 Å². The van der Waals surface area contributed by atoms with Crippen LogP contribution in [0.4, 0.5) is 42.4 Å². The minimum Gasteiger partial charge on any atom is -0.443 e. The van der Waals surface area contributed by atoms with Gasteiger partial charge in [-0.2, -0.15) is 9.80 Å². The average Bonchev–Trinajstić information content (AvgIpc) is 1.31. The van der Waals surface area contributed by atoms with Crippen molar-refractivity contribution in [1.82, 2.24) is 99.7 Å². The highest BCUT2D eigenvalue weighted by Crippen LogP contribution is 2.38. The van der Waals surface area contributed by atoms with Crippen LogP contribution in [0.1, 0.15) is 171 Å². The van der Waals surface area contributed by atoms with Crippen LogP contribution in [-0.2, 0) is 41.5 Å². The smallest absolute Gasteiger partial charge is 0.425 e. The zero-order chi connectivity index (χ0) is 104. The normalized spacial score (nSPS) is 11.4. The summed E-state index contributed by atoms with van der Waals surface area (Å²) in [6.45, 7) is 34.5. The van der Waals surface area contributed by atoms with Gasteiger partial charge in [-0.1, -0.05) is 102 Å². The maximum absolute atomic E-state index is 13.5. The van der Waals surface area contributed by atoms with Crippen LogP contribution in [0.3, 0.4) is 0 Å². The number of amides is 4. The van der Waals surface area contributed by atoms with Gasteiger partial charge < -0.3 is 67.1 Å². The number of aryl methyl sites for hydroxylation is 1. The summed E-state index contributed by atoms with van der Waals surface area (Å²) in [5.41, 5.74) is 19.1. The van der Waals surface area contributed by atoms with Gasteiger partial charge in [-0.3, -0.25) is 14.4 Å². The minimum atomic E-state index is -1.03. The number of nitrogen functional groups attached to an aromatic ring is 2. The van der Waals surface area contributed by atoms with Crippen LogP contribution in [0.5, 0.6) is 0 Å². The van der Waals surface area contributed by atoms with E-state index in [0.29, 0.717) is 80.9 Å². The number of rotatable bonds is 20. The Kier molecular flexibility index (Phi) is 36.3. The van der Waals surface area contributed by atoms with Crippen LogP contribution >= 0.6 is 79.6 Å². The fraction of sp³-hybridized carbons (Fsp3) is 0.316. The molecule has 11 aromatic heterocycles. The quantitative estimate of drug-likeness (QED) is 0.0471. The van der Waals surface area contributed by atoms with E-state index in [9.17, 15) is 33.6 Å². The monoisotopic (exact) mass is 2250 g/mol. The number of halogens is 5. The molecule has 0 saturated heterocycles. The molecule has 11 heterocycles. The van der Waals surface area contributed by atoms with Crippen molar-refractivity contribution in [1.29, 1.82) is 0 Å². The zero-order valence-electron chi connectivity index (χ0n) is 81.4. The van der Waals surface area contributed by atoms with E-state index in [0.717, 1.165) is 56.4 Å². The number of imide groups is 2. The van der Waals surface area contributed by atoms with Crippen LogP contribution < -0.4 is 43.3 Å². The van der Waals surface area contributed by atoms with Gasteiger partial charge in [0.2, 0.25) is 23.6 Å². The molecule has 0 fully saturated rings. The number of carbonyl (C=O) groups excluding carboxylic acids is 4. The molecule has 0 saturated carbocycles. The first-order valence-electron chi connectivity index (χ1n) is 44.1. The largest absolute Gasteiger partial charge is 0.443 e. The van der Waals surface area contributed by atoms with E-state index in [1.54, 1.807) is 134 Å². The highest BCUT2D eigenvalue weighted by atomic mass is 79.9. The van der Waals surface area contributed by atoms with E-state index in [4.69, 9.17) is 53.1 Å². The van der Waals surface area contributed by atoms with Crippen molar-refractivity contribution in [2.24, 2.45) is 0 Å². The third kappa shape index (κ3) is 29.6. The molecule has 0 aliphatic heterocycles. The Morgan fingerprint density at radius 2 is 0.655 bits per heavy atom. The lowest BCUT2D eigenvalue weighted by Gasteiger charge is -2.28. The molecule has 39 nitrogen and oxygen atoms in total. The van der Waals surface area contributed by atoms with Gasteiger partial charge in [0.25, 0.3) is 40.2 Å². The second-order valence-electron chi connectivity index (χ2n) is 36.2. The average molecular weight is 2260 g/mol. The molecule has 44 heteroatoms. The van der Waals surface area contributed by atoms with Crippen LogP contribution in [0.2, 0.25) is 0 Å². The summed E-state index contributed by atoms with van der Waals surface area (Å²) in [5.74, 6) is 1.46. The number of benzene rings is 4.